The van der Waals surface area contributed by atoms with Gasteiger partial charge < -0.3 is 16.6 Å². The Morgan fingerprint density at radius 3 is 2.35 bits per heavy atom. The SMILES string of the molecule is CC.CC(N)=NCC/C(C)=C/CC(N)C(=O)O. The Hall–Kier alpha value is -1.36. The van der Waals surface area contributed by atoms with E-state index < -0.39 is 12.0 Å². The van der Waals surface area contributed by atoms with E-state index in [1.807, 2.05) is 26.8 Å². The molecule has 5 N–H and O–H groups in total. The zero-order chi connectivity index (χ0) is 13.8. The summed E-state index contributed by atoms with van der Waals surface area (Å²) in [5, 5.41) is 8.55. The van der Waals surface area contributed by atoms with Crippen LogP contribution in [0.4, 0.5) is 0 Å². The molecule has 0 aliphatic rings. The minimum Gasteiger partial charge on any atom is -0.480 e. The molecule has 0 aromatic heterocycles. The van der Waals surface area contributed by atoms with Gasteiger partial charge in [-0.2, -0.15) is 0 Å². The number of aliphatic carboxylic acids is 1. The summed E-state index contributed by atoms with van der Waals surface area (Å²) < 4.78 is 0. The van der Waals surface area contributed by atoms with Crippen LogP contribution in [0.2, 0.25) is 0 Å². The summed E-state index contributed by atoms with van der Waals surface area (Å²) in [6.07, 6.45) is 2.97. The lowest BCUT2D eigenvalue weighted by Crippen LogP contribution is -2.29. The number of amidine groups is 1. The van der Waals surface area contributed by atoms with E-state index in [1.165, 1.54) is 0 Å². The number of hydrogen-bond acceptors (Lipinski definition) is 3. The summed E-state index contributed by atoms with van der Waals surface area (Å²) in [6.45, 7) is 8.29. The van der Waals surface area contributed by atoms with E-state index in [0.29, 0.717) is 18.8 Å². The second-order valence-corrected chi connectivity index (χ2v) is 3.50. The third kappa shape index (κ3) is 12.6. The van der Waals surface area contributed by atoms with E-state index >= 15 is 0 Å². The Balaban J connectivity index is 0. The highest BCUT2D eigenvalue weighted by atomic mass is 16.4. The first-order valence-electron chi connectivity index (χ1n) is 5.84. The van der Waals surface area contributed by atoms with Crippen molar-refractivity contribution >= 4 is 11.8 Å². The highest BCUT2D eigenvalue weighted by molar-refractivity contribution is 5.77. The number of carboxylic acid groups (broad SMARTS) is 1. The third-order valence-corrected chi connectivity index (χ3v) is 1.90. The number of aliphatic imine (C=N–C) groups is 1. The van der Waals surface area contributed by atoms with Crippen molar-refractivity contribution in [1.29, 1.82) is 0 Å². The molecule has 0 fully saturated rings. The minimum atomic E-state index is -0.977. The molecule has 0 aliphatic heterocycles. The lowest BCUT2D eigenvalue weighted by Gasteiger charge is -2.03. The van der Waals surface area contributed by atoms with Crippen LogP contribution in [0.3, 0.4) is 0 Å². The van der Waals surface area contributed by atoms with Gasteiger partial charge in [-0.25, -0.2) is 0 Å². The molecule has 5 nitrogen and oxygen atoms in total. The van der Waals surface area contributed by atoms with E-state index in [0.717, 1.165) is 12.0 Å². The average molecular weight is 243 g/mol. The fourth-order valence-electron chi connectivity index (χ4n) is 0.940. The Labute approximate surface area is 104 Å². The van der Waals surface area contributed by atoms with Crippen molar-refractivity contribution in [1.82, 2.24) is 0 Å². The molecule has 0 radical (unpaired) electrons. The van der Waals surface area contributed by atoms with Crippen LogP contribution in [0.25, 0.3) is 0 Å². The largest absolute Gasteiger partial charge is 0.480 e. The number of rotatable bonds is 6. The number of nitrogens with zero attached hydrogens (tertiary/aromatic N) is 1. The zero-order valence-corrected chi connectivity index (χ0v) is 11.2. The average Bonchev–Trinajstić information content (AvgIpc) is 2.28. The number of carboxylic acids is 1. The third-order valence-electron chi connectivity index (χ3n) is 1.90. The van der Waals surface area contributed by atoms with Crippen LogP contribution in [0, 0.1) is 0 Å². The van der Waals surface area contributed by atoms with E-state index in [2.05, 4.69) is 4.99 Å². The molecule has 0 spiro atoms. The molecule has 0 aromatic rings. The van der Waals surface area contributed by atoms with Gasteiger partial charge >= 0.3 is 5.97 Å². The van der Waals surface area contributed by atoms with Crippen LogP contribution in [-0.2, 0) is 4.79 Å². The maximum atomic E-state index is 10.4. The predicted molar refractivity (Wildman–Crippen MR) is 72.1 cm³/mol. The van der Waals surface area contributed by atoms with Gasteiger partial charge in [0.1, 0.15) is 6.04 Å². The van der Waals surface area contributed by atoms with Gasteiger partial charge in [-0.1, -0.05) is 25.5 Å². The molecular formula is C12H25N3O2. The normalized spacial score (nSPS) is 13.7. The molecule has 100 valence electrons. The standard InChI is InChI=1S/C10H19N3O2.C2H6/c1-7(5-6-13-8(2)11)3-4-9(12)10(14)15;1-2/h3,9H,4-6,12H2,1-2H3,(H2,11,13)(H,14,15);1-2H3/b7-3+;. The van der Waals surface area contributed by atoms with Crippen molar-refractivity contribution in [2.45, 2.75) is 46.6 Å². The predicted octanol–water partition coefficient (Wildman–Crippen LogP) is 1.53. The Bertz CT molecular complexity index is 269. The van der Waals surface area contributed by atoms with Crippen molar-refractivity contribution in [2.24, 2.45) is 16.5 Å². The minimum absolute atomic E-state index is 0.354. The first-order chi connectivity index (χ1) is 7.93. The highest BCUT2D eigenvalue weighted by Gasteiger charge is 2.08. The lowest BCUT2D eigenvalue weighted by atomic mass is 10.1. The second-order valence-electron chi connectivity index (χ2n) is 3.50. The molecule has 0 saturated heterocycles. The molecule has 0 amide bonds. The lowest BCUT2D eigenvalue weighted by molar-refractivity contribution is -0.138. The van der Waals surface area contributed by atoms with Crippen LogP contribution in [0.5, 0.6) is 0 Å². The first kappa shape index (κ1) is 18.0. The van der Waals surface area contributed by atoms with Crippen LogP contribution < -0.4 is 11.5 Å². The molecule has 0 aliphatic carbocycles. The molecule has 0 saturated carbocycles. The van der Waals surface area contributed by atoms with Crippen molar-refractivity contribution < 1.29 is 9.90 Å². The molecule has 5 heteroatoms. The molecule has 0 bridgehead atoms. The van der Waals surface area contributed by atoms with Gasteiger partial charge in [0.05, 0.1) is 5.84 Å². The number of hydrogen-bond donors (Lipinski definition) is 3. The summed E-state index contributed by atoms with van der Waals surface area (Å²) in [7, 11) is 0. The van der Waals surface area contributed by atoms with Crippen molar-refractivity contribution in [3.8, 4) is 0 Å². The summed E-state index contributed by atoms with van der Waals surface area (Å²) in [5.74, 6) is -0.417. The Kier molecular flexibility index (Phi) is 11.8. The molecule has 1 atom stereocenters. The molecule has 0 aromatic carbocycles. The van der Waals surface area contributed by atoms with Crippen molar-refractivity contribution in [3.05, 3.63) is 11.6 Å². The topological polar surface area (TPSA) is 102 Å². The van der Waals surface area contributed by atoms with E-state index in [-0.39, 0.29) is 0 Å². The fraction of sp³-hybridized carbons (Fsp3) is 0.667. The van der Waals surface area contributed by atoms with Crippen LogP contribution >= 0.6 is 0 Å². The van der Waals surface area contributed by atoms with E-state index in [1.54, 1.807) is 6.92 Å². The Morgan fingerprint density at radius 2 is 1.94 bits per heavy atom. The van der Waals surface area contributed by atoms with Gasteiger partial charge in [0, 0.05) is 6.54 Å². The van der Waals surface area contributed by atoms with E-state index in [4.69, 9.17) is 16.6 Å². The first-order valence-corrected chi connectivity index (χ1v) is 5.84. The quantitative estimate of drug-likeness (QED) is 0.374. The zero-order valence-electron chi connectivity index (χ0n) is 11.2. The van der Waals surface area contributed by atoms with Crippen LogP contribution in [0.1, 0.15) is 40.5 Å². The maximum Gasteiger partial charge on any atom is 0.320 e. The monoisotopic (exact) mass is 243 g/mol. The van der Waals surface area contributed by atoms with Gasteiger partial charge in [0.15, 0.2) is 0 Å². The molecule has 17 heavy (non-hydrogen) atoms. The summed E-state index contributed by atoms with van der Waals surface area (Å²) in [5.41, 5.74) is 11.8. The molecule has 1 unspecified atom stereocenters. The summed E-state index contributed by atoms with van der Waals surface area (Å²) >= 11 is 0. The van der Waals surface area contributed by atoms with Gasteiger partial charge in [-0.15, -0.1) is 0 Å². The summed E-state index contributed by atoms with van der Waals surface area (Å²) in [4.78, 5) is 14.5. The van der Waals surface area contributed by atoms with Crippen LogP contribution in [0.15, 0.2) is 16.6 Å². The summed E-state index contributed by atoms with van der Waals surface area (Å²) in [6, 6.07) is -0.820. The number of carbonyl (C=O) groups is 1. The van der Waals surface area contributed by atoms with Gasteiger partial charge in [-0.3, -0.25) is 9.79 Å². The molecular weight excluding hydrogens is 218 g/mol. The second kappa shape index (κ2) is 11.1. The van der Waals surface area contributed by atoms with Crippen molar-refractivity contribution in [3.63, 3.8) is 0 Å². The Morgan fingerprint density at radius 1 is 1.41 bits per heavy atom. The maximum absolute atomic E-state index is 10.4. The van der Waals surface area contributed by atoms with Gasteiger partial charge in [0.2, 0.25) is 0 Å². The highest BCUT2D eigenvalue weighted by Crippen LogP contribution is 2.03. The molecule has 0 rings (SSSR count). The van der Waals surface area contributed by atoms with Gasteiger partial charge in [0.25, 0.3) is 0 Å². The molecule has 0 heterocycles. The smallest absolute Gasteiger partial charge is 0.320 e. The van der Waals surface area contributed by atoms with Gasteiger partial charge in [-0.05, 0) is 26.7 Å². The van der Waals surface area contributed by atoms with Crippen LogP contribution in [-0.4, -0.2) is 29.5 Å². The van der Waals surface area contributed by atoms with E-state index in [9.17, 15) is 4.79 Å². The fourth-order valence-corrected chi connectivity index (χ4v) is 0.940. The van der Waals surface area contributed by atoms with Crippen molar-refractivity contribution in [2.75, 3.05) is 6.54 Å². The number of nitrogens with two attached hydrogens (primary N) is 2.